The maximum absolute atomic E-state index is 12.4. The van der Waals surface area contributed by atoms with Crippen LogP contribution in [-0.2, 0) is 4.79 Å². The summed E-state index contributed by atoms with van der Waals surface area (Å²) in [7, 11) is 0. The highest BCUT2D eigenvalue weighted by Gasteiger charge is 2.41. The summed E-state index contributed by atoms with van der Waals surface area (Å²) in [5.41, 5.74) is 0.632. The molecule has 2 aliphatic rings. The van der Waals surface area contributed by atoms with Crippen LogP contribution >= 0.6 is 0 Å². The van der Waals surface area contributed by atoms with E-state index in [0.717, 1.165) is 6.42 Å². The Balaban J connectivity index is 1.94. The van der Waals surface area contributed by atoms with E-state index in [-0.39, 0.29) is 23.9 Å². The molecule has 1 aliphatic heterocycles. The zero-order valence-electron chi connectivity index (χ0n) is 9.87. The van der Waals surface area contributed by atoms with Crippen molar-refractivity contribution in [3.05, 3.63) is 42.5 Å². The third-order valence-electron chi connectivity index (χ3n) is 3.50. The third kappa shape index (κ3) is 1.70. The molecule has 3 amide bonds. The minimum atomic E-state index is -0.317. The first-order valence-corrected chi connectivity index (χ1v) is 6.12. The van der Waals surface area contributed by atoms with Gasteiger partial charge in [-0.05, 0) is 25.0 Å². The SMILES string of the molecule is O=C1N[C@H]2CC=CC[C@H]2C(=O)N1c1ccccc1. The van der Waals surface area contributed by atoms with Crippen LogP contribution in [0, 0.1) is 5.92 Å². The van der Waals surface area contributed by atoms with Crippen LogP contribution in [0.1, 0.15) is 12.8 Å². The monoisotopic (exact) mass is 242 g/mol. The van der Waals surface area contributed by atoms with Gasteiger partial charge in [0.2, 0.25) is 5.91 Å². The number of anilines is 1. The van der Waals surface area contributed by atoms with Crippen molar-refractivity contribution in [2.45, 2.75) is 18.9 Å². The van der Waals surface area contributed by atoms with Crippen molar-refractivity contribution in [3.63, 3.8) is 0 Å². The summed E-state index contributed by atoms with van der Waals surface area (Å²) in [5, 5.41) is 2.91. The van der Waals surface area contributed by atoms with Crippen LogP contribution in [0.5, 0.6) is 0 Å². The predicted octanol–water partition coefficient (Wildman–Crippen LogP) is 2.08. The molecule has 0 unspecified atom stereocenters. The molecule has 1 fully saturated rings. The van der Waals surface area contributed by atoms with Gasteiger partial charge in [-0.15, -0.1) is 0 Å². The molecule has 4 heteroatoms. The second-order valence-electron chi connectivity index (χ2n) is 4.61. The number of fused-ring (bicyclic) bond motifs is 1. The van der Waals surface area contributed by atoms with Crippen LogP contribution in [0.4, 0.5) is 10.5 Å². The van der Waals surface area contributed by atoms with Gasteiger partial charge in [-0.2, -0.15) is 0 Å². The molecule has 0 radical (unpaired) electrons. The second kappa shape index (κ2) is 4.29. The number of nitrogens with zero attached hydrogens (tertiary/aromatic N) is 1. The van der Waals surface area contributed by atoms with Crippen LogP contribution < -0.4 is 10.2 Å². The number of urea groups is 1. The Morgan fingerprint density at radius 3 is 2.56 bits per heavy atom. The molecule has 2 atom stereocenters. The zero-order valence-corrected chi connectivity index (χ0v) is 9.87. The molecule has 0 bridgehead atoms. The number of nitrogens with one attached hydrogen (secondary N) is 1. The lowest BCUT2D eigenvalue weighted by Crippen LogP contribution is -2.60. The Kier molecular flexibility index (Phi) is 2.63. The largest absolute Gasteiger partial charge is 0.333 e. The van der Waals surface area contributed by atoms with Gasteiger partial charge in [0.1, 0.15) is 0 Å². The minimum Gasteiger partial charge on any atom is -0.333 e. The van der Waals surface area contributed by atoms with Crippen molar-refractivity contribution in [1.82, 2.24) is 5.32 Å². The van der Waals surface area contributed by atoms with Gasteiger partial charge in [0.15, 0.2) is 0 Å². The van der Waals surface area contributed by atoms with Crippen LogP contribution in [0.3, 0.4) is 0 Å². The summed E-state index contributed by atoms with van der Waals surface area (Å²) in [6, 6.07) is 8.69. The molecule has 1 aromatic carbocycles. The number of amides is 3. The molecule has 0 aromatic heterocycles. The van der Waals surface area contributed by atoms with Gasteiger partial charge in [0.25, 0.3) is 0 Å². The topological polar surface area (TPSA) is 49.4 Å². The van der Waals surface area contributed by atoms with Crippen molar-refractivity contribution < 1.29 is 9.59 Å². The van der Waals surface area contributed by atoms with Crippen LogP contribution in [-0.4, -0.2) is 18.0 Å². The first-order chi connectivity index (χ1) is 8.77. The molecule has 1 aromatic rings. The lowest BCUT2D eigenvalue weighted by molar-refractivity contribution is -0.123. The maximum atomic E-state index is 12.4. The molecule has 1 heterocycles. The van der Waals surface area contributed by atoms with E-state index in [4.69, 9.17) is 0 Å². The van der Waals surface area contributed by atoms with Gasteiger partial charge in [0, 0.05) is 6.04 Å². The van der Waals surface area contributed by atoms with E-state index in [0.29, 0.717) is 12.1 Å². The highest BCUT2D eigenvalue weighted by atomic mass is 16.2. The normalized spacial score (nSPS) is 26.8. The van der Waals surface area contributed by atoms with Gasteiger partial charge in [0.05, 0.1) is 11.6 Å². The fourth-order valence-corrected chi connectivity index (χ4v) is 2.56. The average Bonchev–Trinajstić information content (AvgIpc) is 2.40. The summed E-state index contributed by atoms with van der Waals surface area (Å²) in [5.74, 6) is -0.229. The number of benzene rings is 1. The number of allylic oxidation sites excluding steroid dienone is 1. The Bertz CT molecular complexity index is 510. The molecule has 0 saturated carbocycles. The predicted molar refractivity (Wildman–Crippen MR) is 68.1 cm³/mol. The Morgan fingerprint density at radius 2 is 1.78 bits per heavy atom. The number of para-hydroxylation sites is 1. The van der Waals surface area contributed by atoms with Gasteiger partial charge in [-0.25, -0.2) is 9.69 Å². The Labute approximate surface area is 105 Å². The summed E-state index contributed by atoms with van der Waals surface area (Å²) in [6.07, 6.45) is 5.48. The Hall–Kier alpha value is -2.10. The molecule has 1 aliphatic carbocycles. The highest BCUT2D eigenvalue weighted by Crippen LogP contribution is 2.28. The molecule has 92 valence electrons. The summed E-state index contributed by atoms with van der Waals surface area (Å²) >= 11 is 0. The maximum Gasteiger partial charge on any atom is 0.329 e. The average molecular weight is 242 g/mol. The fraction of sp³-hybridized carbons (Fsp3) is 0.286. The number of carbonyl (C=O) groups is 2. The van der Waals surface area contributed by atoms with E-state index in [1.54, 1.807) is 12.1 Å². The van der Waals surface area contributed by atoms with Crippen molar-refractivity contribution in [2.24, 2.45) is 5.92 Å². The first-order valence-electron chi connectivity index (χ1n) is 6.12. The van der Waals surface area contributed by atoms with Gasteiger partial charge in [-0.3, -0.25) is 4.79 Å². The van der Waals surface area contributed by atoms with E-state index in [1.807, 2.05) is 30.4 Å². The molecule has 4 nitrogen and oxygen atoms in total. The lowest BCUT2D eigenvalue weighted by Gasteiger charge is -2.38. The fourth-order valence-electron chi connectivity index (χ4n) is 2.56. The minimum absolute atomic E-state index is 0.0463. The van der Waals surface area contributed by atoms with Gasteiger partial charge in [-0.1, -0.05) is 30.4 Å². The molecule has 1 N–H and O–H groups in total. The molecule has 1 saturated heterocycles. The van der Waals surface area contributed by atoms with E-state index in [1.165, 1.54) is 4.90 Å². The van der Waals surface area contributed by atoms with E-state index >= 15 is 0 Å². The van der Waals surface area contributed by atoms with Crippen LogP contribution in [0.25, 0.3) is 0 Å². The summed E-state index contributed by atoms with van der Waals surface area (Å²) < 4.78 is 0. The van der Waals surface area contributed by atoms with E-state index in [9.17, 15) is 9.59 Å². The third-order valence-corrected chi connectivity index (χ3v) is 3.50. The van der Waals surface area contributed by atoms with Crippen molar-refractivity contribution >= 4 is 17.6 Å². The number of rotatable bonds is 1. The standard InChI is InChI=1S/C14H14N2O2/c17-13-11-8-4-5-9-12(11)15-14(18)16(13)10-6-2-1-3-7-10/h1-7,11-12H,8-9H2,(H,15,18)/t11-,12+/m1/s1. The molecular weight excluding hydrogens is 228 g/mol. The molecule has 0 spiro atoms. The number of carbonyl (C=O) groups excluding carboxylic acids is 2. The number of imide groups is 1. The van der Waals surface area contributed by atoms with Crippen LogP contribution in [0.15, 0.2) is 42.5 Å². The summed E-state index contributed by atoms with van der Waals surface area (Å²) in [4.78, 5) is 25.7. The van der Waals surface area contributed by atoms with Crippen molar-refractivity contribution in [1.29, 1.82) is 0 Å². The smallest absolute Gasteiger partial charge is 0.329 e. The van der Waals surface area contributed by atoms with Crippen LogP contribution in [0.2, 0.25) is 0 Å². The quantitative estimate of drug-likeness (QED) is 0.766. The van der Waals surface area contributed by atoms with Gasteiger partial charge >= 0.3 is 6.03 Å². The zero-order chi connectivity index (χ0) is 12.5. The molecule has 18 heavy (non-hydrogen) atoms. The first kappa shape index (κ1) is 11.0. The molecule has 3 rings (SSSR count). The van der Waals surface area contributed by atoms with Crippen molar-refractivity contribution in [2.75, 3.05) is 4.90 Å². The number of hydrogen-bond donors (Lipinski definition) is 1. The molecular formula is C14H14N2O2. The lowest BCUT2D eigenvalue weighted by atomic mass is 9.86. The summed E-state index contributed by atoms with van der Waals surface area (Å²) in [6.45, 7) is 0. The number of hydrogen-bond acceptors (Lipinski definition) is 2. The highest BCUT2D eigenvalue weighted by molar-refractivity contribution is 6.17. The second-order valence-corrected chi connectivity index (χ2v) is 4.61. The van der Waals surface area contributed by atoms with Gasteiger partial charge < -0.3 is 5.32 Å². The van der Waals surface area contributed by atoms with E-state index < -0.39 is 0 Å². The Morgan fingerprint density at radius 1 is 1.06 bits per heavy atom. The van der Waals surface area contributed by atoms with E-state index in [2.05, 4.69) is 5.32 Å². The van der Waals surface area contributed by atoms with Crippen molar-refractivity contribution in [3.8, 4) is 0 Å².